The van der Waals surface area contributed by atoms with E-state index < -0.39 is 0 Å². The topological polar surface area (TPSA) is 47.6 Å². The van der Waals surface area contributed by atoms with Crippen LogP contribution in [0, 0.1) is 22.7 Å². The van der Waals surface area contributed by atoms with Crippen LogP contribution in [0.2, 0.25) is 0 Å². The van der Waals surface area contributed by atoms with Crippen LogP contribution in [-0.4, -0.2) is 0 Å². The highest BCUT2D eigenvalue weighted by molar-refractivity contribution is 5.44. The zero-order valence-electron chi connectivity index (χ0n) is 9.33. The number of rotatable bonds is 1. The van der Waals surface area contributed by atoms with Gasteiger partial charge in [0, 0.05) is 0 Å². The summed E-state index contributed by atoms with van der Waals surface area (Å²) in [6, 6.07) is 9.96. The zero-order chi connectivity index (χ0) is 11.5. The molecule has 0 unspecified atom stereocenters. The fourth-order valence-electron chi connectivity index (χ4n) is 1.54. The van der Waals surface area contributed by atoms with Gasteiger partial charge in [-0.2, -0.15) is 10.5 Å². The van der Waals surface area contributed by atoms with E-state index in [0.717, 1.165) is 11.1 Å². The van der Waals surface area contributed by atoms with Gasteiger partial charge in [0.15, 0.2) is 0 Å². The molecule has 0 atom stereocenters. The lowest BCUT2D eigenvalue weighted by Gasteiger charge is -2.20. The largest absolute Gasteiger partial charge is 0.198 e. The summed E-state index contributed by atoms with van der Waals surface area (Å²) >= 11 is 0. The van der Waals surface area contributed by atoms with Gasteiger partial charge in [-0.3, -0.25) is 0 Å². The molecule has 0 heterocycles. The molecule has 0 saturated carbocycles. The quantitative estimate of drug-likeness (QED) is 0.696. The molecular weight excluding hydrogens is 184 g/mol. The van der Waals surface area contributed by atoms with Crippen molar-refractivity contribution < 1.29 is 0 Å². The molecule has 0 aliphatic carbocycles. The fraction of sp³-hybridized carbons (Fsp3) is 0.385. The van der Waals surface area contributed by atoms with Crippen molar-refractivity contribution in [1.29, 1.82) is 10.5 Å². The third-order valence-electron chi connectivity index (χ3n) is 2.30. The molecule has 15 heavy (non-hydrogen) atoms. The number of hydrogen-bond donors (Lipinski definition) is 0. The van der Waals surface area contributed by atoms with Crippen LogP contribution in [0.4, 0.5) is 0 Å². The molecule has 0 amide bonds. The van der Waals surface area contributed by atoms with Crippen molar-refractivity contribution in [1.82, 2.24) is 0 Å². The first-order chi connectivity index (χ1) is 6.99. The van der Waals surface area contributed by atoms with Crippen molar-refractivity contribution in [2.45, 2.75) is 32.6 Å². The number of benzene rings is 1. The highest BCUT2D eigenvalue weighted by Crippen LogP contribution is 2.26. The average Bonchev–Trinajstić information content (AvgIpc) is 2.16. The Hall–Kier alpha value is -1.80. The lowest BCUT2D eigenvalue weighted by atomic mass is 9.83. The second-order valence-corrected chi connectivity index (χ2v) is 4.58. The second-order valence-electron chi connectivity index (χ2n) is 4.58. The number of nitrogens with zero attached hydrogens (tertiary/aromatic N) is 2. The van der Waals surface area contributed by atoms with Gasteiger partial charge in [-0.25, -0.2) is 0 Å². The van der Waals surface area contributed by atoms with Crippen LogP contribution in [0.25, 0.3) is 0 Å². The molecule has 0 radical (unpaired) electrons. The minimum absolute atomic E-state index is 0.0315. The van der Waals surface area contributed by atoms with Gasteiger partial charge in [0.05, 0.1) is 24.1 Å². The molecular formula is C13H14N2. The van der Waals surface area contributed by atoms with E-state index in [-0.39, 0.29) is 5.41 Å². The van der Waals surface area contributed by atoms with Gasteiger partial charge < -0.3 is 0 Å². The first-order valence-electron chi connectivity index (χ1n) is 4.89. The van der Waals surface area contributed by atoms with Gasteiger partial charge >= 0.3 is 0 Å². The maximum absolute atomic E-state index is 9.04. The summed E-state index contributed by atoms with van der Waals surface area (Å²) in [4.78, 5) is 0. The molecule has 1 aromatic carbocycles. The van der Waals surface area contributed by atoms with Crippen LogP contribution in [0.15, 0.2) is 18.2 Å². The molecule has 0 aromatic heterocycles. The van der Waals surface area contributed by atoms with E-state index >= 15 is 0 Å². The Morgan fingerprint density at radius 1 is 1.20 bits per heavy atom. The summed E-state index contributed by atoms with van der Waals surface area (Å²) in [7, 11) is 0. The molecule has 1 rings (SSSR count). The second kappa shape index (κ2) is 4.15. The van der Waals surface area contributed by atoms with Gasteiger partial charge in [0.25, 0.3) is 0 Å². The Morgan fingerprint density at radius 2 is 1.87 bits per heavy atom. The highest BCUT2D eigenvalue weighted by atomic mass is 14.3. The molecule has 2 nitrogen and oxygen atoms in total. The monoisotopic (exact) mass is 198 g/mol. The molecule has 0 fully saturated rings. The number of nitriles is 2. The van der Waals surface area contributed by atoms with Gasteiger partial charge in [0.1, 0.15) is 0 Å². The Morgan fingerprint density at radius 3 is 2.33 bits per heavy atom. The van der Waals surface area contributed by atoms with Gasteiger partial charge in [-0.05, 0) is 22.6 Å². The third kappa shape index (κ3) is 2.58. The molecule has 0 aliphatic heterocycles. The number of hydrogen-bond acceptors (Lipinski definition) is 2. The molecule has 76 valence electrons. The molecule has 0 aliphatic rings. The van der Waals surface area contributed by atoms with Crippen LogP contribution in [0.3, 0.4) is 0 Å². The Bertz CT molecular complexity index is 439. The predicted molar refractivity (Wildman–Crippen MR) is 59.2 cm³/mol. The van der Waals surface area contributed by atoms with Crippen LogP contribution in [-0.2, 0) is 11.8 Å². The molecule has 2 heteroatoms. The minimum atomic E-state index is -0.0315. The molecule has 0 spiro atoms. The summed E-state index contributed by atoms with van der Waals surface area (Å²) in [5.41, 5.74) is 2.58. The lowest BCUT2D eigenvalue weighted by molar-refractivity contribution is 0.588. The van der Waals surface area contributed by atoms with Gasteiger partial charge in [0.2, 0.25) is 0 Å². The standard InChI is InChI=1S/C13H14N2/c1-13(2,3)12-5-4-10(6-7-14)8-11(12)9-15/h4-5,8H,6H2,1-3H3. The first kappa shape index (κ1) is 11.3. The summed E-state index contributed by atoms with van der Waals surface area (Å²) in [6.07, 6.45) is 0.360. The van der Waals surface area contributed by atoms with Crippen molar-refractivity contribution in [3.63, 3.8) is 0 Å². The van der Waals surface area contributed by atoms with Gasteiger partial charge in [-0.1, -0.05) is 32.9 Å². The SMILES string of the molecule is CC(C)(C)c1ccc(CC#N)cc1C#N. The first-order valence-corrected chi connectivity index (χ1v) is 4.89. The van der Waals surface area contributed by atoms with E-state index in [4.69, 9.17) is 10.5 Å². The van der Waals surface area contributed by atoms with Crippen molar-refractivity contribution in [2.24, 2.45) is 0 Å². The highest BCUT2D eigenvalue weighted by Gasteiger charge is 2.17. The maximum atomic E-state index is 9.04. The van der Waals surface area contributed by atoms with E-state index in [0.29, 0.717) is 12.0 Å². The molecule has 0 saturated heterocycles. The summed E-state index contributed by atoms with van der Waals surface area (Å²) in [6.45, 7) is 6.23. The van der Waals surface area contributed by atoms with Crippen molar-refractivity contribution in [2.75, 3.05) is 0 Å². The summed E-state index contributed by atoms with van der Waals surface area (Å²) < 4.78 is 0. The fourth-order valence-corrected chi connectivity index (χ4v) is 1.54. The van der Waals surface area contributed by atoms with Crippen molar-refractivity contribution in [3.05, 3.63) is 34.9 Å². The normalized spacial score (nSPS) is 10.5. The van der Waals surface area contributed by atoms with Crippen molar-refractivity contribution in [3.8, 4) is 12.1 Å². The van der Waals surface area contributed by atoms with E-state index in [1.54, 1.807) is 0 Å². The Labute approximate surface area is 90.8 Å². The van der Waals surface area contributed by atoms with Crippen LogP contribution in [0.5, 0.6) is 0 Å². The predicted octanol–water partition coefficient (Wildman–Crippen LogP) is 2.92. The maximum Gasteiger partial charge on any atom is 0.0994 e. The van der Waals surface area contributed by atoms with E-state index in [9.17, 15) is 0 Å². The van der Waals surface area contributed by atoms with E-state index in [1.807, 2.05) is 18.2 Å². The third-order valence-corrected chi connectivity index (χ3v) is 2.30. The Kier molecular flexibility index (Phi) is 3.12. The average molecular weight is 198 g/mol. The van der Waals surface area contributed by atoms with Crippen LogP contribution < -0.4 is 0 Å². The molecule has 0 bridgehead atoms. The van der Waals surface area contributed by atoms with Crippen molar-refractivity contribution >= 4 is 0 Å². The van der Waals surface area contributed by atoms with Gasteiger partial charge in [-0.15, -0.1) is 0 Å². The minimum Gasteiger partial charge on any atom is -0.198 e. The smallest absolute Gasteiger partial charge is 0.0994 e. The Balaban J connectivity index is 3.24. The van der Waals surface area contributed by atoms with Crippen LogP contribution >= 0.6 is 0 Å². The molecule has 1 aromatic rings. The van der Waals surface area contributed by atoms with E-state index in [1.165, 1.54) is 0 Å². The summed E-state index contributed by atoms with van der Waals surface area (Å²) in [5, 5.41) is 17.6. The lowest BCUT2D eigenvalue weighted by Crippen LogP contribution is -2.13. The molecule has 0 N–H and O–H groups in total. The van der Waals surface area contributed by atoms with E-state index in [2.05, 4.69) is 32.9 Å². The summed E-state index contributed by atoms with van der Waals surface area (Å²) in [5.74, 6) is 0. The zero-order valence-corrected chi connectivity index (χ0v) is 9.33. The van der Waals surface area contributed by atoms with Crippen LogP contribution in [0.1, 0.15) is 37.5 Å².